The lowest BCUT2D eigenvalue weighted by Crippen LogP contribution is -2.35. The van der Waals surface area contributed by atoms with Crippen molar-refractivity contribution in [3.8, 4) is 0 Å². The fourth-order valence-electron chi connectivity index (χ4n) is 1.08. The maximum absolute atomic E-state index is 11.5. The molecular formula is C11H14N2O3. The number of carbonyl (C=O) groups excluding carboxylic acids is 1. The van der Waals surface area contributed by atoms with Gasteiger partial charge in [0.2, 0.25) is 5.91 Å². The van der Waals surface area contributed by atoms with E-state index in [0.717, 1.165) is 0 Å². The largest absolute Gasteiger partial charge is 0.478 e. The van der Waals surface area contributed by atoms with Crippen LogP contribution in [0.25, 0.3) is 0 Å². The Morgan fingerprint density at radius 1 is 1.25 bits per heavy atom. The molecule has 0 radical (unpaired) electrons. The molecule has 0 aliphatic carbocycles. The van der Waals surface area contributed by atoms with E-state index in [-0.39, 0.29) is 17.5 Å². The Balaban J connectivity index is 2.69. The molecule has 1 atom stereocenters. The predicted molar refractivity (Wildman–Crippen MR) is 60.6 cm³/mol. The lowest BCUT2D eigenvalue weighted by molar-refractivity contribution is -0.117. The Hall–Kier alpha value is -1.88. The second-order valence-corrected chi connectivity index (χ2v) is 3.38. The fourth-order valence-corrected chi connectivity index (χ4v) is 1.08. The fraction of sp³-hybridized carbons (Fsp3) is 0.273. The number of carbonyl (C=O) groups is 2. The maximum atomic E-state index is 11.5. The Labute approximate surface area is 93.5 Å². The molecule has 86 valence electrons. The maximum Gasteiger partial charge on any atom is 0.335 e. The average Bonchev–Trinajstić information content (AvgIpc) is 2.28. The summed E-state index contributed by atoms with van der Waals surface area (Å²) >= 11 is 0. The summed E-state index contributed by atoms with van der Waals surface area (Å²) in [6.07, 6.45) is 0. The highest BCUT2D eigenvalue weighted by atomic mass is 16.4. The summed E-state index contributed by atoms with van der Waals surface area (Å²) < 4.78 is 0. The zero-order valence-corrected chi connectivity index (χ0v) is 9.15. The summed E-state index contributed by atoms with van der Waals surface area (Å²) in [7, 11) is 1.69. The van der Waals surface area contributed by atoms with Crippen LogP contribution >= 0.6 is 0 Å². The van der Waals surface area contributed by atoms with Gasteiger partial charge in [-0.2, -0.15) is 0 Å². The molecule has 5 nitrogen and oxygen atoms in total. The van der Waals surface area contributed by atoms with Gasteiger partial charge in [0.05, 0.1) is 11.6 Å². The molecule has 0 heterocycles. The van der Waals surface area contributed by atoms with Gasteiger partial charge in [0.1, 0.15) is 0 Å². The van der Waals surface area contributed by atoms with E-state index in [1.165, 1.54) is 12.1 Å². The summed E-state index contributed by atoms with van der Waals surface area (Å²) in [5, 5.41) is 14.2. The third-order valence-corrected chi connectivity index (χ3v) is 2.23. The Morgan fingerprint density at radius 3 is 2.25 bits per heavy atom. The standard InChI is InChI=1S/C11H14N2O3/c1-7(12-2)10(14)13-9-5-3-8(4-6-9)11(15)16/h3-7,12H,1-2H3,(H,13,14)(H,15,16). The summed E-state index contributed by atoms with van der Waals surface area (Å²) in [6.45, 7) is 1.74. The first-order valence-electron chi connectivity index (χ1n) is 4.86. The van der Waals surface area contributed by atoms with E-state index in [0.29, 0.717) is 5.69 Å². The third kappa shape index (κ3) is 3.06. The van der Waals surface area contributed by atoms with Gasteiger partial charge in [0, 0.05) is 5.69 Å². The highest BCUT2D eigenvalue weighted by molar-refractivity contribution is 5.95. The smallest absolute Gasteiger partial charge is 0.335 e. The van der Waals surface area contributed by atoms with Crippen molar-refractivity contribution in [1.29, 1.82) is 0 Å². The Morgan fingerprint density at radius 2 is 1.81 bits per heavy atom. The van der Waals surface area contributed by atoms with E-state index in [1.54, 1.807) is 26.1 Å². The SMILES string of the molecule is CNC(C)C(=O)Nc1ccc(C(=O)O)cc1. The molecule has 0 fully saturated rings. The molecular weight excluding hydrogens is 208 g/mol. The Kier molecular flexibility index (Phi) is 4.02. The molecule has 0 spiro atoms. The van der Waals surface area contributed by atoms with E-state index in [9.17, 15) is 9.59 Å². The van der Waals surface area contributed by atoms with E-state index >= 15 is 0 Å². The van der Waals surface area contributed by atoms with Crippen molar-refractivity contribution >= 4 is 17.6 Å². The molecule has 0 aromatic heterocycles. The molecule has 1 aromatic rings. The van der Waals surface area contributed by atoms with Crippen LogP contribution in [0.4, 0.5) is 5.69 Å². The third-order valence-electron chi connectivity index (χ3n) is 2.23. The van der Waals surface area contributed by atoms with Gasteiger partial charge < -0.3 is 15.7 Å². The van der Waals surface area contributed by atoms with Gasteiger partial charge in [-0.15, -0.1) is 0 Å². The van der Waals surface area contributed by atoms with Crippen molar-refractivity contribution in [2.45, 2.75) is 13.0 Å². The number of carboxylic acids is 1. The van der Waals surface area contributed by atoms with Gasteiger partial charge in [-0.1, -0.05) is 0 Å². The molecule has 0 bridgehead atoms. The van der Waals surface area contributed by atoms with Crippen LogP contribution in [-0.4, -0.2) is 30.1 Å². The van der Waals surface area contributed by atoms with Gasteiger partial charge >= 0.3 is 5.97 Å². The first-order chi connectivity index (χ1) is 7.54. The van der Waals surface area contributed by atoms with Crippen LogP contribution in [0, 0.1) is 0 Å². The number of aromatic carboxylic acids is 1. The number of benzene rings is 1. The summed E-state index contributed by atoms with van der Waals surface area (Å²) in [4.78, 5) is 22.1. The van der Waals surface area contributed by atoms with Crippen molar-refractivity contribution in [2.75, 3.05) is 12.4 Å². The van der Waals surface area contributed by atoms with Crippen LogP contribution in [0.3, 0.4) is 0 Å². The van der Waals surface area contributed by atoms with Crippen molar-refractivity contribution < 1.29 is 14.7 Å². The van der Waals surface area contributed by atoms with Gasteiger partial charge in [-0.25, -0.2) is 4.79 Å². The van der Waals surface area contributed by atoms with E-state index in [2.05, 4.69) is 10.6 Å². The first kappa shape index (κ1) is 12.2. The molecule has 0 aliphatic heterocycles. The number of hydrogen-bond acceptors (Lipinski definition) is 3. The molecule has 1 rings (SSSR count). The molecule has 16 heavy (non-hydrogen) atoms. The summed E-state index contributed by atoms with van der Waals surface area (Å²) in [6, 6.07) is 5.72. The number of hydrogen-bond donors (Lipinski definition) is 3. The van der Waals surface area contributed by atoms with E-state index in [1.807, 2.05) is 0 Å². The van der Waals surface area contributed by atoms with Gasteiger partial charge in [0.15, 0.2) is 0 Å². The van der Waals surface area contributed by atoms with Crippen LogP contribution in [-0.2, 0) is 4.79 Å². The van der Waals surface area contributed by atoms with Gasteiger partial charge in [-0.3, -0.25) is 4.79 Å². The number of nitrogens with one attached hydrogen (secondary N) is 2. The normalized spacial score (nSPS) is 11.9. The van der Waals surface area contributed by atoms with Crippen molar-refractivity contribution in [3.63, 3.8) is 0 Å². The topological polar surface area (TPSA) is 78.4 Å². The number of anilines is 1. The molecule has 1 unspecified atom stereocenters. The summed E-state index contributed by atoms with van der Waals surface area (Å²) in [5.41, 5.74) is 0.775. The molecule has 1 amide bonds. The zero-order valence-electron chi connectivity index (χ0n) is 9.15. The highest BCUT2D eigenvalue weighted by Crippen LogP contribution is 2.09. The highest BCUT2D eigenvalue weighted by Gasteiger charge is 2.10. The van der Waals surface area contributed by atoms with Gasteiger partial charge in [0.25, 0.3) is 0 Å². The summed E-state index contributed by atoms with van der Waals surface area (Å²) in [5.74, 6) is -1.15. The zero-order chi connectivity index (χ0) is 12.1. The van der Waals surface area contributed by atoms with E-state index < -0.39 is 5.97 Å². The van der Waals surface area contributed by atoms with E-state index in [4.69, 9.17) is 5.11 Å². The first-order valence-corrected chi connectivity index (χ1v) is 4.86. The molecule has 0 saturated carbocycles. The van der Waals surface area contributed by atoms with Crippen molar-refractivity contribution in [2.24, 2.45) is 0 Å². The van der Waals surface area contributed by atoms with Crippen LogP contribution in [0.1, 0.15) is 17.3 Å². The van der Waals surface area contributed by atoms with Crippen LogP contribution in [0.15, 0.2) is 24.3 Å². The Bertz CT molecular complexity index is 387. The minimum absolute atomic E-state index is 0.162. The number of rotatable bonds is 4. The molecule has 3 N–H and O–H groups in total. The van der Waals surface area contributed by atoms with Crippen LogP contribution < -0.4 is 10.6 Å². The second kappa shape index (κ2) is 5.27. The minimum atomic E-state index is -0.985. The lowest BCUT2D eigenvalue weighted by atomic mass is 10.2. The molecule has 0 saturated heterocycles. The molecule has 5 heteroatoms. The average molecular weight is 222 g/mol. The number of carboxylic acid groups (broad SMARTS) is 1. The number of likely N-dealkylation sites (N-methyl/N-ethyl adjacent to an activating group) is 1. The van der Waals surface area contributed by atoms with Gasteiger partial charge in [-0.05, 0) is 38.2 Å². The van der Waals surface area contributed by atoms with Crippen molar-refractivity contribution in [1.82, 2.24) is 5.32 Å². The monoisotopic (exact) mass is 222 g/mol. The lowest BCUT2D eigenvalue weighted by Gasteiger charge is -2.10. The van der Waals surface area contributed by atoms with Crippen LogP contribution in [0.2, 0.25) is 0 Å². The van der Waals surface area contributed by atoms with Crippen LogP contribution in [0.5, 0.6) is 0 Å². The quantitative estimate of drug-likeness (QED) is 0.708. The minimum Gasteiger partial charge on any atom is -0.478 e. The van der Waals surface area contributed by atoms with Crippen molar-refractivity contribution in [3.05, 3.63) is 29.8 Å². The number of amides is 1. The predicted octanol–water partition coefficient (Wildman–Crippen LogP) is 0.931. The molecule has 1 aromatic carbocycles. The second-order valence-electron chi connectivity index (χ2n) is 3.38. The molecule has 0 aliphatic rings.